The van der Waals surface area contributed by atoms with Crippen LogP contribution in [-0.2, 0) is 32.4 Å². The number of carbonyl (C=O) groups excluding carboxylic acids is 1. The number of aromatic nitrogens is 4. The van der Waals surface area contributed by atoms with Crippen LogP contribution in [-0.4, -0.2) is 71.1 Å². The molecular formula is C25H34N6O4S. The predicted molar refractivity (Wildman–Crippen MR) is 136 cm³/mol. The first-order chi connectivity index (χ1) is 17.3. The predicted octanol–water partition coefficient (Wildman–Crippen LogP) is 2.78. The van der Waals surface area contributed by atoms with Gasteiger partial charge in [0.1, 0.15) is 12.1 Å². The van der Waals surface area contributed by atoms with Crippen molar-refractivity contribution in [1.82, 2.24) is 23.9 Å². The number of hydrogen-bond donors (Lipinski definition) is 0. The number of aryl methyl sites for hydroxylation is 2. The average molecular weight is 515 g/mol. The summed E-state index contributed by atoms with van der Waals surface area (Å²) in [6.07, 6.45) is 5.27. The van der Waals surface area contributed by atoms with Gasteiger partial charge in [0.15, 0.2) is 0 Å². The second-order valence-corrected chi connectivity index (χ2v) is 10.9. The normalized spacial score (nSPS) is 14.9. The third-order valence-electron chi connectivity index (χ3n) is 6.51. The molecular weight excluding hydrogens is 480 g/mol. The molecule has 0 radical (unpaired) electrons. The van der Waals surface area contributed by atoms with E-state index in [1.54, 1.807) is 23.6 Å². The van der Waals surface area contributed by atoms with Crippen LogP contribution in [0.3, 0.4) is 0 Å². The van der Waals surface area contributed by atoms with E-state index in [0.29, 0.717) is 49.9 Å². The standard InChI is InChI=1S/C25H34N6O4S/c1-4-6-7-20-8-10-21(11-9-20)36(33,34)30-16-14-29(15-17-30)24-22(12-13-23(32)35-5-2)19(3)28-25-26-18-27-31(24)25/h8-11,18H,4-7,12-17H2,1-3H3. The van der Waals surface area contributed by atoms with Crippen molar-refractivity contribution in [2.45, 2.75) is 57.8 Å². The van der Waals surface area contributed by atoms with Crippen molar-refractivity contribution in [2.75, 3.05) is 37.7 Å². The molecule has 0 amide bonds. The molecule has 4 rings (SSSR count). The van der Waals surface area contributed by atoms with Gasteiger partial charge in [-0.3, -0.25) is 4.79 Å². The number of fused-ring (bicyclic) bond motifs is 1. The van der Waals surface area contributed by atoms with Crippen molar-refractivity contribution in [3.05, 3.63) is 47.4 Å². The van der Waals surface area contributed by atoms with Crippen LogP contribution in [0.25, 0.3) is 5.78 Å². The van der Waals surface area contributed by atoms with Crippen LogP contribution in [0.2, 0.25) is 0 Å². The summed E-state index contributed by atoms with van der Waals surface area (Å²) in [5.41, 5.74) is 2.81. The quantitative estimate of drug-likeness (QED) is 0.380. The second kappa shape index (κ2) is 11.3. The Morgan fingerprint density at radius 3 is 2.44 bits per heavy atom. The SMILES string of the molecule is CCCCc1ccc(S(=O)(=O)N2CCN(c3c(CCC(=O)OCC)c(C)nc4ncnn34)CC2)cc1. The number of unbranched alkanes of at least 4 members (excludes halogenated alkanes) is 1. The molecule has 1 fully saturated rings. The van der Waals surface area contributed by atoms with Gasteiger partial charge < -0.3 is 9.64 Å². The highest BCUT2D eigenvalue weighted by molar-refractivity contribution is 7.89. The van der Waals surface area contributed by atoms with E-state index in [1.165, 1.54) is 10.6 Å². The lowest BCUT2D eigenvalue weighted by Crippen LogP contribution is -2.49. The fourth-order valence-electron chi connectivity index (χ4n) is 4.54. The van der Waals surface area contributed by atoms with Crippen LogP contribution in [0.5, 0.6) is 0 Å². The van der Waals surface area contributed by atoms with Gasteiger partial charge in [-0.2, -0.15) is 18.9 Å². The van der Waals surface area contributed by atoms with E-state index in [-0.39, 0.29) is 12.4 Å². The summed E-state index contributed by atoms with van der Waals surface area (Å²) in [6, 6.07) is 7.25. The highest BCUT2D eigenvalue weighted by Gasteiger charge is 2.31. The zero-order chi connectivity index (χ0) is 25.7. The number of anilines is 1. The monoisotopic (exact) mass is 514 g/mol. The number of carbonyl (C=O) groups is 1. The Morgan fingerprint density at radius 2 is 1.78 bits per heavy atom. The molecule has 11 heteroatoms. The lowest BCUT2D eigenvalue weighted by atomic mass is 10.1. The molecule has 2 aromatic heterocycles. The maximum Gasteiger partial charge on any atom is 0.306 e. The lowest BCUT2D eigenvalue weighted by molar-refractivity contribution is -0.143. The Labute approximate surface area is 212 Å². The Hall–Kier alpha value is -3.05. The summed E-state index contributed by atoms with van der Waals surface area (Å²) < 4.78 is 34.9. The van der Waals surface area contributed by atoms with Gasteiger partial charge in [0.05, 0.1) is 11.5 Å². The number of hydrogen-bond acceptors (Lipinski definition) is 8. The molecule has 0 N–H and O–H groups in total. The van der Waals surface area contributed by atoms with Gasteiger partial charge >= 0.3 is 5.97 Å². The van der Waals surface area contributed by atoms with Gasteiger partial charge in [-0.25, -0.2) is 13.4 Å². The summed E-state index contributed by atoms with van der Waals surface area (Å²) in [5.74, 6) is 1.01. The fourth-order valence-corrected chi connectivity index (χ4v) is 5.97. The first kappa shape index (κ1) is 26.0. The molecule has 1 aromatic carbocycles. The molecule has 10 nitrogen and oxygen atoms in total. The number of piperazine rings is 1. The number of sulfonamides is 1. The van der Waals surface area contributed by atoms with Gasteiger partial charge in [0, 0.05) is 43.9 Å². The molecule has 1 saturated heterocycles. The van der Waals surface area contributed by atoms with Crippen molar-refractivity contribution >= 4 is 27.6 Å². The van der Waals surface area contributed by atoms with Crippen molar-refractivity contribution < 1.29 is 17.9 Å². The first-order valence-corrected chi connectivity index (χ1v) is 14.0. The Kier molecular flexibility index (Phi) is 8.20. The molecule has 0 spiro atoms. The highest BCUT2D eigenvalue weighted by atomic mass is 32.2. The second-order valence-electron chi connectivity index (χ2n) is 8.91. The molecule has 0 aliphatic carbocycles. The van der Waals surface area contributed by atoms with Crippen LogP contribution in [0, 0.1) is 6.92 Å². The maximum atomic E-state index is 13.3. The zero-order valence-corrected chi connectivity index (χ0v) is 22.0. The van der Waals surface area contributed by atoms with Gasteiger partial charge in [-0.05, 0) is 50.8 Å². The minimum Gasteiger partial charge on any atom is -0.466 e. The molecule has 3 aromatic rings. The molecule has 0 atom stereocenters. The van der Waals surface area contributed by atoms with Gasteiger partial charge in [-0.15, -0.1) is 0 Å². The van der Waals surface area contributed by atoms with Crippen LogP contribution in [0.1, 0.15) is 49.9 Å². The molecule has 0 unspecified atom stereocenters. The summed E-state index contributed by atoms with van der Waals surface area (Å²) in [7, 11) is -3.58. The molecule has 36 heavy (non-hydrogen) atoms. The summed E-state index contributed by atoms with van der Waals surface area (Å²) >= 11 is 0. The fraction of sp³-hybridized carbons (Fsp3) is 0.520. The van der Waals surface area contributed by atoms with E-state index in [1.807, 2.05) is 19.1 Å². The number of rotatable bonds is 10. The van der Waals surface area contributed by atoms with Crippen LogP contribution >= 0.6 is 0 Å². The van der Waals surface area contributed by atoms with E-state index in [0.717, 1.165) is 41.9 Å². The Bertz CT molecular complexity index is 1300. The van der Waals surface area contributed by atoms with E-state index >= 15 is 0 Å². The van der Waals surface area contributed by atoms with E-state index in [4.69, 9.17) is 4.74 Å². The van der Waals surface area contributed by atoms with Crippen LogP contribution < -0.4 is 4.90 Å². The van der Waals surface area contributed by atoms with Crippen molar-refractivity contribution in [1.29, 1.82) is 0 Å². The third-order valence-corrected chi connectivity index (χ3v) is 8.42. The number of ether oxygens (including phenoxy) is 1. The van der Waals surface area contributed by atoms with Gasteiger partial charge in [0.25, 0.3) is 5.78 Å². The average Bonchev–Trinajstić information content (AvgIpc) is 3.34. The van der Waals surface area contributed by atoms with Crippen molar-refractivity contribution in [3.63, 3.8) is 0 Å². The van der Waals surface area contributed by atoms with Crippen molar-refractivity contribution in [3.8, 4) is 0 Å². The number of nitrogens with zero attached hydrogens (tertiary/aromatic N) is 6. The van der Waals surface area contributed by atoms with E-state index in [9.17, 15) is 13.2 Å². The molecule has 0 saturated carbocycles. The Balaban J connectivity index is 1.52. The number of esters is 1. The van der Waals surface area contributed by atoms with E-state index in [2.05, 4.69) is 26.9 Å². The van der Waals surface area contributed by atoms with Gasteiger partial charge in [-0.1, -0.05) is 25.5 Å². The molecule has 3 heterocycles. The smallest absolute Gasteiger partial charge is 0.306 e. The molecule has 1 aliphatic rings. The minimum atomic E-state index is -3.58. The molecule has 194 valence electrons. The zero-order valence-electron chi connectivity index (χ0n) is 21.2. The number of benzene rings is 1. The topological polar surface area (TPSA) is 110 Å². The van der Waals surface area contributed by atoms with Crippen molar-refractivity contribution in [2.24, 2.45) is 0 Å². The Morgan fingerprint density at radius 1 is 1.06 bits per heavy atom. The van der Waals surface area contributed by atoms with Gasteiger partial charge in [0.2, 0.25) is 10.0 Å². The first-order valence-electron chi connectivity index (χ1n) is 12.5. The minimum absolute atomic E-state index is 0.228. The molecule has 1 aliphatic heterocycles. The maximum absolute atomic E-state index is 13.3. The summed E-state index contributed by atoms with van der Waals surface area (Å²) in [4.78, 5) is 23.2. The molecule has 0 bridgehead atoms. The summed E-state index contributed by atoms with van der Waals surface area (Å²) in [5, 5.41) is 4.36. The third kappa shape index (κ3) is 5.52. The van der Waals surface area contributed by atoms with E-state index < -0.39 is 10.0 Å². The lowest BCUT2D eigenvalue weighted by Gasteiger charge is -2.36. The van der Waals surface area contributed by atoms with Crippen LogP contribution in [0.4, 0.5) is 5.82 Å². The summed E-state index contributed by atoms with van der Waals surface area (Å²) in [6.45, 7) is 7.81. The van der Waals surface area contributed by atoms with Crippen LogP contribution in [0.15, 0.2) is 35.5 Å². The largest absolute Gasteiger partial charge is 0.466 e. The highest BCUT2D eigenvalue weighted by Crippen LogP contribution is 2.27.